The first-order valence-electron chi connectivity index (χ1n) is 8.82. The fourth-order valence-corrected chi connectivity index (χ4v) is 3.29. The van der Waals surface area contributed by atoms with E-state index in [1.54, 1.807) is 35.5 Å². The quantitative estimate of drug-likeness (QED) is 0.790. The molecule has 0 radical (unpaired) electrons. The zero-order chi connectivity index (χ0) is 19.1. The van der Waals surface area contributed by atoms with Crippen LogP contribution in [0.25, 0.3) is 0 Å². The van der Waals surface area contributed by atoms with Gasteiger partial charge in [-0.15, -0.1) is 0 Å². The Morgan fingerprint density at radius 1 is 1.26 bits per heavy atom. The normalized spacial score (nSPS) is 14.7. The lowest BCUT2D eigenvalue weighted by Gasteiger charge is -2.30. The highest BCUT2D eigenvalue weighted by Crippen LogP contribution is 2.25. The van der Waals surface area contributed by atoms with Crippen LogP contribution in [0, 0.1) is 0 Å². The number of carbonyl (C=O) groups is 1. The third-order valence-electron chi connectivity index (χ3n) is 4.35. The summed E-state index contributed by atoms with van der Waals surface area (Å²) in [6.07, 6.45) is 3.49. The van der Waals surface area contributed by atoms with Crippen molar-refractivity contribution in [2.45, 2.75) is 6.54 Å². The Morgan fingerprint density at radius 2 is 2.07 bits per heavy atom. The number of amides is 2. The number of carbonyl (C=O) groups excluding carboxylic acids is 1. The van der Waals surface area contributed by atoms with Gasteiger partial charge in [0, 0.05) is 50.1 Å². The highest BCUT2D eigenvalue weighted by molar-refractivity contribution is 6.36. The molecule has 3 rings (SSSR count). The molecule has 0 unspecified atom stereocenters. The van der Waals surface area contributed by atoms with Crippen LogP contribution in [0.4, 0.5) is 10.5 Å². The summed E-state index contributed by atoms with van der Waals surface area (Å²) in [5.74, 6) is 0. The summed E-state index contributed by atoms with van der Waals surface area (Å²) in [7, 11) is 0. The zero-order valence-corrected chi connectivity index (χ0v) is 16.4. The van der Waals surface area contributed by atoms with Crippen LogP contribution in [0.5, 0.6) is 0 Å². The lowest BCUT2D eigenvalue weighted by molar-refractivity contribution is 0.0349. The molecule has 1 aromatic carbocycles. The molecule has 2 aromatic rings. The van der Waals surface area contributed by atoms with Gasteiger partial charge < -0.3 is 15.0 Å². The van der Waals surface area contributed by atoms with Crippen LogP contribution < -0.4 is 5.32 Å². The van der Waals surface area contributed by atoms with E-state index >= 15 is 0 Å². The minimum Gasteiger partial charge on any atom is -0.379 e. The number of hydrogen-bond acceptors (Lipinski definition) is 4. The third-order valence-corrected chi connectivity index (χ3v) is 4.89. The molecular formula is C19H22Cl2N4O2. The maximum Gasteiger partial charge on any atom is 0.322 e. The van der Waals surface area contributed by atoms with E-state index in [-0.39, 0.29) is 6.03 Å². The molecule has 0 bridgehead atoms. The number of nitrogens with zero attached hydrogens (tertiary/aromatic N) is 3. The molecule has 1 aliphatic heterocycles. The van der Waals surface area contributed by atoms with Crippen molar-refractivity contribution in [3.8, 4) is 0 Å². The van der Waals surface area contributed by atoms with E-state index in [0.717, 1.165) is 38.4 Å². The van der Waals surface area contributed by atoms with Gasteiger partial charge >= 0.3 is 6.03 Å². The molecular weight excluding hydrogens is 387 g/mol. The molecule has 0 atom stereocenters. The van der Waals surface area contributed by atoms with E-state index in [2.05, 4.69) is 15.2 Å². The van der Waals surface area contributed by atoms with Crippen molar-refractivity contribution in [2.24, 2.45) is 0 Å². The number of benzene rings is 1. The summed E-state index contributed by atoms with van der Waals surface area (Å²) in [5, 5.41) is 3.81. The van der Waals surface area contributed by atoms with Crippen LogP contribution in [-0.2, 0) is 11.3 Å². The first kappa shape index (κ1) is 19.9. The van der Waals surface area contributed by atoms with Crippen molar-refractivity contribution in [3.63, 3.8) is 0 Å². The summed E-state index contributed by atoms with van der Waals surface area (Å²) in [5.41, 5.74) is 1.51. The second kappa shape index (κ2) is 9.90. The molecule has 144 valence electrons. The second-order valence-electron chi connectivity index (χ2n) is 6.29. The molecule has 1 aromatic heterocycles. The van der Waals surface area contributed by atoms with Gasteiger partial charge in [-0.2, -0.15) is 0 Å². The smallest absolute Gasteiger partial charge is 0.322 e. The molecule has 1 saturated heterocycles. The third kappa shape index (κ3) is 6.07. The van der Waals surface area contributed by atoms with E-state index in [4.69, 9.17) is 27.9 Å². The Labute approximate surface area is 169 Å². The summed E-state index contributed by atoms with van der Waals surface area (Å²) < 4.78 is 5.38. The molecule has 8 heteroatoms. The summed E-state index contributed by atoms with van der Waals surface area (Å²) in [6.45, 7) is 5.06. The van der Waals surface area contributed by atoms with Gasteiger partial charge in [0.15, 0.2) is 0 Å². The average molecular weight is 409 g/mol. The lowest BCUT2D eigenvalue weighted by atomic mass is 10.2. The molecule has 6 nitrogen and oxygen atoms in total. The van der Waals surface area contributed by atoms with E-state index in [9.17, 15) is 4.79 Å². The molecule has 27 heavy (non-hydrogen) atoms. The van der Waals surface area contributed by atoms with Crippen LogP contribution >= 0.6 is 23.2 Å². The van der Waals surface area contributed by atoms with Crippen molar-refractivity contribution in [2.75, 3.05) is 44.7 Å². The van der Waals surface area contributed by atoms with E-state index in [1.807, 2.05) is 12.1 Å². The van der Waals surface area contributed by atoms with E-state index in [0.29, 0.717) is 28.8 Å². The number of halogens is 2. The van der Waals surface area contributed by atoms with Crippen LogP contribution in [-0.4, -0.2) is 60.2 Å². The average Bonchev–Trinajstić information content (AvgIpc) is 2.69. The number of anilines is 1. The molecule has 2 amide bonds. The number of pyridine rings is 1. The van der Waals surface area contributed by atoms with E-state index < -0.39 is 0 Å². The summed E-state index contributed by atoms with van der Waals surface area (Å²) >= 11 is 12.1. The molecule has 0 spiro atoms. The molecule has 1 N–H and O–H groups in total. The first-order chi connectivity index (χ1) is 13.1. The van der Waals surface area contributed by atoms with Gasteiger partial charge in [0.25, 0.3) is 0 Å². The monoisotopic (exact) mass is 408 g/mol. The number of urea groups is 1. The number of ether oxygens (including phenoxy) is 1. The van der Waals surface area contributed by atoms with E-state index in [1.165, 1.54) is 0 Å². The number of hydrogen-bond donors (Lipinski definition) is 1. The van der Waals surface area contributed by atoms with Crippen LogP contribution in [0.15, 0.2) is 42.7 Å². The maximum atomic E-state index is 12.9. The molecule has 0 aliphatic carbocycles. The fourth-order valence-electron chi connectivity index (χ4n) is 2.84. The van der Waals surface area contributed by atoms with Crippen LogP contribution in [0.3, 0.4) is 0 Å². The number of aromatic nitrogens is 1. The summed E-state index contributed by atoms with van der Waals surface area (Å²) in [4.78, 5) is 21.1. The van der Waals surface area contributed by atoms with Crippen LogP contribution in [0.2, 0.25) is 10.0 Å². The van der Waals surface area contributed by atoms with Crippen molar-refractivity contribution < 1.29 is 9.53 Å². The van der Waals surface area contributed by atoms with Gasteiger partial charge in [-0.05, 0) is 29.8 Å². The lowest BCUT2D eigenvalue weighted by Crippen LogP contribution is -2.44. The van der Waals surface area contributed by atoms with Gasteiger partial charge in [0.2, 0.25) is 0 Å². The zero-order valence-electron chi connectivity index (χ0n) is 14.9. The molecule has 1 aliphatic rings. The van der Waals surface area contributed by atoms with Gasteiger partial charge in [-0.3, -0.25) is 9.88 Å². The Balaban J connectivity index is 1.67. The predicted octanol–water partition coefficient (Wildman–Crippen LogP) is 3.75. The number of nitrogens with one attached hydrogen (secondary N) is 1. The second-order valence-corrected chi connectivity index (χ2v) is 7.13. The summed E-state index contributed by atoms with van der Waals surface area (Å²) in [6, 6.07) is 8.62. The predicted molar refractivity (Wildman–Crippen MR) is 107 cm³/mol. The molecule has 1 fully saturated rings. The SMILES string of the molecule is O=C(Nc1ccc(Cl)cc1Cl)N(CCN1CCOCC1)Cc1cccnc1. The Hall–Kier alpha value is -1.86. The van der Waals surface area contributed by atoms with Crippen molar-refractivity contribution in [1.29, 1.82) is 0 Å². The van der Waals surface area contributed by atoms with Crippen molar-refractivity contribution in [3.05, 3.63) is 58.3 Å². The number of rotatable bonds is 6. The Bertz CT molecular complexity index is 755. The number of morpholine rings is 1. The highest BCUT2D eigenvalue weighted by Gasteiger charge is 2.18. The Kier molecular flexibility index (Phi) is 7.29. The standard InChI is InChI=1S/C19H22Cl2N4O2/c20-16-3-4-18(17(21)12-16)23-19(26)25(14-15-2-1-5-22-13-15)7-6-24-8-10-27-11-9-24/h1-5,12-13H,6-11,14H2,(H,23,26). The first-order valence-corrected chi connectivity index (χ1v) is 9.57. The van der Waals surface area contributed by atoms with Crippen LogP contribution in [0.1, 0.15) is 5.56 Å². The topological polar surface area (TPSA) is 57.7 Å². The van der Waals surface area contributed by atoms with Crippen molar-refractivity contribution in [1.82, 2.24) is 14.8 Å². The maximum absolute atomic E-state index is 12.9. The van der Waals surface area contributed by atoms with Gasteiger partial charge in [-0.1, -0.05) is 29.3 Å². The van der Waals surface area contributed by atoms with Gasteiger partial charge in [0.1, 0.15) is 0 Å². The highest BCUT2D eigenvalue weighted by atomic mass is 35.5. The minimum atomic E-state index is -0.212. The largest absolute Gasteiger partial charge is 0.379 e. The van der Waals surface area contributed by atoms with Crippen molar-refractivity contribution >= 4 is 34.9 Å². The Morgan fingerprint density at radius 3 is 2.78 bits per heavy atom. The molecule has 2 heterocycles. The van der Waals surface area contributed by atoms with Gasteiger partial charge in [-0.25, -0.2) is 4.79 Å². The minimum absolute atomic E-state index is 0.212. The fraction of sp³-hybridized carbons (Fsp3) is 0.368. The molecule has 0 saturated carbocycles. The van der Waals surface area contributed by atoms with Gasteiger partial charge in [0.05, 0.1) is 23.9 Å².